The van der Waals surface area contributed by atoms with Gasteiger partial charge in [0.2, 0.25) is 0 Å². The van der Waals surface area contributed by atoms with Crippen LogP contribution >= 0.6 is 11.8 Å². The molecule has 0 radical (unpaired) electrons. The van der Waals surface area contributed by atoms with Gasteiger partial charge in [-0.15, -0.1) is 0 Å². The third-order valence-electron chi connectivity index (χ3n) is 1.54. The van der Waals surface area contributed by atoms with Crippen molar-refractivity contribution in [1.82, 2.24) is 5.32 Å². The van der Waals surface area contributed by atoms with Crippen molar-refractivity contribution in [1.29, 1.82) is 0 Å². The molecule has 0 aliphatic rings. The molecular formula is C9H21NO2S. The van der Waals surface area contributed by atoms with E-state index in [9.17, 15) is 0 Å². The Morgan fingerprint density at radius 1 is 1.15 bits per heavy atom. The average Bonchev–Trinajstić information content (AvgIpc) is 2.16. The van der Waals surface area contributed by atoms with Gasteiger partial charge in [0, 0.05) is 39.2 Å². The second-order valence-electron chi connectivity index (χ2n) is 2.70. The Kier molecular flexibility index (Phi) is 12.4. The van der Waals surface area contributed by atoms with Gasteiger partial charge in [0.05, 0.1) is 6.61 Å². The quantitative estimate of drug-likeness (QED) is 0.541. The fourth-order valence-electron chi connectivity index (χ4n) is 0.851. The molecule has 3 nitrogen and oxygen atoms in total. The summed E-state index contributed by atoms with van der Waals surface area (Å²) >= 11 is 1.86. The fraction of sp³-hybridized carbons (Fsp3) is 1.00. The Hall–Kier alpha value is 0.230. The zero-order valence-electron chi connectivity index (χ0n) is 8.67. The van der Waals surface area contributed by atoms with Crippen molar-refractivity contribution < 1.29 is 9.47 Å². The summed E-state index contributed by atoms with van der Waals surface area (Å²) < 4.78 is 10.3. The normalized spacial score (nSPS) is 10.6. The molecule has 0 atom stereocenters. The lowest BCUT2D eigenvalue weighted by atomic mass is 10.5. The van der Waals surface area contributed by atoms with Crippen LogP contribution in [0, 0.1) is 0 Å². The van der Waals surface area contributed by atoms with Gasteiger partial charge in [-0.05, 0) is 12.7 Å². The molecule has 0 aliphatic carbocycles. The summed E-state index contributed by atoms with van der Waals surface area (Å²) in [4.78, 5) is 0. The van der Waals surface area contributed by atoms with Gasteiger partial charge in [-0.1, -0.05) is 0 Å². The average molecular weight is 207 g/mol. The van der Waals surface area contributed by atoms with E-state index in [4.69, 9.17) is 9.47 Å². The Morgan fingerprint density at radius 2 is 2.00 bits per heavy atom. The van der Waals surface area contributed by atoms with Gasteiger partial charge in [-0.3, -0.25) is 0 Å². The van der Waals surface area contributed by atoms with E-state index in [2.05, 4.69) is 11.6 Å². The molecule has 13 heavy (non-hydrogen) atoms. The van der Waals surface area contributed by atoms with E-state index in [0.29, 0.717) is 0 Å². The minimum Gasteiger partial charge on any atom is -0.385 e. The standard InChI is InChI=1S/C9H21NO2S/c1-11-6-3-7-12-8-4-10-5-9-13-2/h10H,3-9H2,1-2H3. The van der Waals surface area contributed by atoms with Crippen LogP contribution in [-0.2, 0) is 9.47 Å². The topological polar surface area (TPSA) is 30.5 Å². The Balaban J connectivity index is 2.76. The number of rotatable bonds is 10. The molecule has 0 aliphatic heterocycles. The maximum Gasteiger partial charge on any atom is 0.0590 e. The van der Waals surface area contributed by atoms with E-state index >= 15 is 0 Å². The monoisotopic (exact) mass is 207 g/mol. The smallest absolute Gasteiger partial charge is 0.0590 e. The molecule has 0 amide bonds. The second-order valence-corrected chi connectivity index (χ2v) is 3.69. The van der Waals surface area contributed by atoms with Gasteiger partial charge in [-0.25, -0.2) is 0 Å². The van der Waals surface area contributed by atoms with Crippen LogP contribution in [0.3, 0.4) is 0 Å². The third-order valence-corrected chi connectivity index (χ3v) is 2.16. The molecule has 0 aromatic rings. The largest absolute Gasteiger partial charge is 0.385 e. The van der Waals surface area contributed by atoms with E-state index in [-0.39, 0.29) is 0 Å². The van der Waals surface area contributed by atoms with Crippen LogP contribution < -0.4 is 5.32 Å². The van der Waals surface area contributed by atoms with Crippen molar-refractivity contribution in [3.8, 4) is 0 Å². The van der Waals surface area contributed by atoms with Crippen molar-refractivity contribution in [2.45, 2.75) is 6.42 Å². The van der Waals surface area contributed by atoms with Crippen LogP contribution in [0.15, 0.2) is 0 Å². The third kappa shape index (κ3) is 12.2. The zero-order chi connectivity index (χ0) is 9.78. The van der Waals surface area contributed by atoms with E-state index in [1.807, 2.05) is 11.8 Å². The maximum atomic E-state index is 5.37. The minimum atomic E-state index is 0.792. The molecule has 0 rings (SSSR count). The molecule has 0 unspecified atom stereocenters. The second kappa shape index (κ2) is 12.2. The van der Waals surface area contributed by atoms with Crippen LogP contribution in [0.2, 0.25) is 0 Å². The van der Waals surface area contributed by atoms with E-state index in [1.54, 1.807) is 7.11 Å². The highest BCUT2D eigenvalue weighted by Crippen LogP contribution is 1.87. The first-order valence-corrected chi connectivity index (χ1v) is 6.07. The van der Waals surface area contributed by atoms with E-state index in [1.165, 1.54) is 5.75 Å². The van der Waals surface area contributed by atoms with Gasteiger partial charge < -0.3 is 14.8 Å². The summed E-state index contributed by atoms with van der Waals surface area (Å²) in [7, 11) is 1.71. The summed E-state index contributed by atoms with van der Waals surface area (Å²) in [6.45, 7) is 4.42. The van der Waals surface area contributed by atoms with Crippen LogP contribution in [0.25, 0.3) is 0 Å². The fourth-order valence-corrected chi connectivity index (χ4v) is 1.20. The highest BCUT2D eigenvalue weighted by atomic mass is 32.2. The predicted molar refractivity (Wildman–Crippen MR) is 58.6 cm³/mol. The summed E-state index contributed by atoms with van der Waals surface area (Å²) in [6, 6.07) is 0. The van der Waals surface area contributed by atoms with Crippen molar-refractivity contribution in [2.24, 2.45) is 0 Å². The highest BCUT2D eigenvalue weighted by Gasteiger charge is 1.89. The molecule has 0 saturated carbocycles. The lowest BCUT2D eigenvalue weighted by Crippen LogP contribution is -2.22. The number of ether oxygens (including phenoxy) is 2. The SMILES string of the molecule is COCCCOCCNCCSC. The first-order chi connectivity index (χ1) is 6.41. The first kappa shape index (κ1) is 13.2. The van der Waals surface area contributed by atoms with Crippen LogP contribution in [0.1, 0.15) is 6.42 Å². The molecule has 0 spiro atoms. The van der Waals surface area contributed by atoms with Crippen LogP contribution in [-0.4, -0.2) is 52.0 Å². The van der Waals surface area contributed by atoms with Crippen molar-refractivity contribution in [3.05, 3.63) is 0 Å². The Labute approximate surface area is 85.6 Å². The van der Waals surface area contributed by atoms with E-state index in [0.717, 1.165) is 39.3 Å². The number of thioether (sulfide) groups is 1. The van der Waals surface area contributed by atoms with Gasteiger partial charge in [0.25, 0.3) is 0 Å². The highest BCUT2D eigenvalue weighted by molar-refractivity contribution is 7.98. The summed E-state index contributed by atoms with van der Waals surface area (Å²) in [5.41, 5.74) is 0. The molecule has 0 aromatic heterocycles. The van der Waals surface area contributed by atoms with Crippen molar-refractivity contribution >= 4 is 11.8 Å². The zero-order valence-corrected chi connectivity index (χ0v) is 9.49. The first-order valence-electron chi connectivity index (χ1n) is 4.68. The van der Waals surface area contributed by atoms with Crippen LogP contribution in [0.4, 0.5) is 0 Å². The van der Waals surface area contributed by atoms with Gasteiger partial charge in [-0.2, -0.15) is 11.8 Å². The molecule has 0 heterocycles. The minimum absolute atomic E-state index is 0.792. The van der Waals surface area contributed by atoms with Gasteiger partial charge in [0.1, 0.15) is 0 Å². The van der Waals surface area contributed by atoms with Crippen LogP contribution in [0.5, 0.6) is 0 Å². The molecule has 0 saturated heterocycles. The van der Waals surface area contributed by atoms with Crippen molar-refractivity contribution in [2.75, 3.05) is 52.0 Å². The van der Waals surface area contributed by atoms with Crippen molar-refractivity contribution in [3.63, 3.8) is 0 Å². The molecule has 80 valence electrons. The molecule has 0 aromatic carbocycles. The molecule has 4 heteroatoms. The number of hydrogen-bond donors (Lipinski definition) is 1. The summed E-state index contributed by atoms with van der Waals surface area (Å²) in [5, 5.41) is 3.30. The maximum absolute atomic E-state index is 5.37. The number of nitrogens with one attached hydrogen (secondary N) is 1. The molecule has 1 N–H and O–H groups in total. The summed E-state index contributed by atoms with van der Waals surface area (Å²) in [6.07, 6.45) is 3.10. The van der Waals surface area contributed by atoms with Gasteiger partial charge in [0.15, 0.2) is 0 Å². The van der Waals surface area contributed by atoms with Gasteiger partial charge >= 0.3 is 0 Å². The molecule has 0 bridgehead atoms. The number of methoxy groups -OCH3 is 1. The lowest BCUT2D eigenvalue weighted by Gasteiger charge is -2.04. The predicted octanol–water partition coefficient (Wildman–Crippen LogP) is 0.992. The summed E-state index contributed by atoms with van der Waals surface area (Å²) in [5.74, 6) is 1.17. The molecular weight excluding hydrogens is 186 g/mol. The lowest BCUT2D eigenvalue weighted by molar-refractivity contribution is 0.104. The number of hydrogen-bond acceptors (Lipinski definition) is 4. The Bertz CT molecular complexity index is 83.7. The van der Waals surface area contributed by atoms with E-state index < -0.39 is 0 Å². The molecule has 0 fully saturated rings. The Morgan fingerprint density at radius 3 is 2.69 bits per heavy atom.